The fraction of sp³-hybridized carbons (Fsp3) is 0.412. The van der Waals surface area contributed by atoms with Crippen molar-refractivity contribution < 1.29 is 9.53 Å². The molecular weight excluding hydrogens is 296 g/mol. The van der Waals surface area contributed by atoms with Crippen LogP contribution in [-0.4, -0.2) is 35.5 Å². The molecule has 4 nitrogen and oxygen atoms in total. The van der Waals surface area contributed by atoms with Crippen molar-refractivity contribution in [1.29, 1.82) is 0 Å². The van der Waals surface area contributed by atoms with Gasteiger partial charge in [0.15, 0.2) is 0 Å². The summed E-state index contributed by atoms with van der Waals surface area (Å²) in [5.41, 5.74) is 4.10. The van der Waals surface area contributed by atoms with E-state index in [4.69, 9.17) is 4.74 Å². The molecular formula is C17H20N2O2S. The molecule has 0 saturated heterocycles. The molecule has 0 unspecified atom stereocenters. The maximum Gasteiger partial charge on any atom is 0.222 e. The van der Waals surface area contributed by atoms with Crippen LogP contribution in [0, 0.1) is 6.92 Å². The van der Waals surface area contributed by atoms with Crippen LogP contribution in [0.15, 0.2) is 29.8 Å². The number of fused-ring (bicyclic) bond motifs is 1. The van der Waals surface area contributed by atoms with Crippen LogP contribution in [0.25, 0.3) is 0 Å². The highest BCUT2D eigenvalue weighted by Gasteiger charge is 2.24. The quantitative estimate of drug-likeness (QED) is 0.852. The molecule has 0 fully saturated rings. The lowest BCUT2D eigenvalue weighted by molar-refractivity contribution is -0.130. The Morgan fingerprint density at radius 1 is 1.45 bits per heavy atom. The predicted octanol–water partition coefficient (Wildman–Crippen LogP) is 2.85. The van der Waals surface area contributed by atoms with Crippen molar-refractivity contribution in [3.8, 4) is 5.75 Å². The van der Waals surface area contributed by atoms with Gasteiger partial charge in [-0.2, -0.15) is 0 Å². The first-order chi connectivity index (χ1) is 10.6. The monoisotopic (exact) mass is 316 g/mol. The number of carbonyl (C=O) groups is 1. The Bertz CT molecular complexity index is 643. The maximum atomic E-state index is 12.3. The molecule has 0 aliphatic carbocycles. The molecule has 0 saturated carbocycles. The lowest BCUT2D eigenvalue weighted by Crippen LogP contribution is -2.36. The largest absolute Gasteiger partial charge is 0.488 e. The lowest BCUT2D eigenvalue weighted by Gasteiger charge is -2.21. The van der Waals surface area contributed by atoms with Crippen LogP contribution in [0.1, 0.15) is 22.6 Å². The Hall–Kier alpha value is -1.88. The van der Waals surface area contributed by atoms with Crippen molar-refractivity contribution in [3.63, 3.8) is 0 Å². The number of para-hydroxylation sites is 1. The minimum Gasteiger partial charge on any atom is -0.488 e. The van der Waals surface area contributed by atoms with Crippen molar-refractivity contribution in [2.45, 2.75) is 32.3 Å². The summed E-state index contributed by atoms with van der Waals surface area (Å²) in [5, 5.41) is 0. The molecule has 1 aliphatic heterocycles. The van der Waals surface area contributed by atoms with E-state index < -0.39 is 0 Å². The van der Waals surface area contributed by atoms with E-state index in [1.165, 1.54) is 10.4 Å². The van der Waals surface area contributed by atoms with Gasteiger partial charge >= 0.3 is 0 Å². The molecule has 0 spiro atoms. The summed E-state index contributed by atoms with van der Waals surface area (Å²) < 4.78 is 5.90. The molecule has 22 heavy (non-hydrogen) atoms. The summed E-state index contributed by atoms with van der Waals surface area (Å²) in [6.07, 6.45) is 2.24. The summed E-state index contributed by atoms with van der Waals surface area (Å²) >= 11 is 1.62. The van der Waals surface area contributed by atoms with Crippen molar-refractivity contribution >= 4 is 17.2 Å². The number of hydrogen-bond donors (Lipinski definition) is 0. The molecule has 0 radical (unpaired) electrons. The molecule has 2 heterocycles. The zero-order chi connectivity index (χ0) is 15.5. The van der Waals surface area contributed by atoms with Gasteiger partial charge in [-0.15, -0.1) is 11.3 Å². The minimum atomic E-state index is 0.0662. The molecule has 1 aliphatic rings. The van der Waals surface area contributed by atoms with Crippen LogP contribution in [0.4, 0.5) is 0 Å². The smallest absolute Gasteiger partial charge is 0.222 e. The molecule has 0 N–H and O–H groups in total. The van der Waals surface area contributed by atoms with Crippen LogP contribution in [0.5, 0.6) is 5.75 Å². The molecule has 0 bridgehead atoms. The Balaban J connectivity index is 1.49. The number of thiazole rings is 1. The van der Waals surface area contributed by atoms with Gasteiger partial charge in [-0.3, -0.25) is 4.79 Å². The number of likely N-dealkylation sites (N-methyl/N-ethyl adjacent to an activating group) is 1. The van der Waals surface area contributed by atoms with E-state index in [2.05, 4.69) is 11.1 Å². The number of amides is 1. The highest BCUT2D eigenvalue weighted by atomic mass is 32.1. The number of nitrogens with zero attached hydrogens (tertiary/aromatic N) is 2. The molecule has 1 amide bonds. The van der Waals surface area contributed by atoms with Gasteiger partial charge < -0.3 is 9.64 Å². The summed E-state index contributed by atoms with van der Waals surface area (Å²) in [6.45, 7) is 2.62. The Morgan fingerprint density at radius 3 is 3.00 bits per heavy atom. The predicted molar refractivity (Wildman–Crippen MR) is 87.4 cm³/mol. The minimum absolute atomic E-state index is 0.0662. The van der Waals surface area contributed by atoms with Gasteiger partial charge in [0, 0.05) is 24.8 Å². The Kier molecular flexibility index (Phi) is 4.43. The first-order valence-electron chi connectivity index (χ1n) is 7.51. The Morgan fingerprint density at radius 2 is 2.27 bits per heavy atom. The van der Waals surface area contributed by atoms with E-state index in [9.17, 15) is 4.79 Å². The normalized spacial score (nSPS) is 16.2. The lowest BCUT2D eigenvalue weighted by atomic mass is 10.1. The highest BCUT2D eigenvalue weighted by Crippen LogP contribution is 2.28. The van der Waals surface area contributed by atoms with Crippen LogP contribution >= 0.6 is 11.3 Å². The van der Waals surface area contributed by atoms with Crippen molar-refractivity contribution in [2.24, 2.45) is 0 Å². The van der Waals surface area contributed by atoms with Gasteiger partial charge in [0.25, 0.3) is 0 Å². The van der Waals surface area contributed by atoms with Gasteiger partial charge in [0.2, 0.25) is 5.91 Å². The zero-order valence-electron chi connectivity index (χ0n) is 12.9. The third-order valence-electron chi connectivity index (χ3n) is 4.03. The SMILES string of the molecule is Cc1ncsc1CCC(=O)N(C)C[C@@H]1Cc2ccccc2O1. The fourth-order valence-electron chi connectivity index (χ4n) is 2.74. The van der Waals surface area contributed by atoms with E-state index in [0.29, 0.717) is 13.0 Å². The summed E-state index contributed by atoms with van der Waals surface area (Å²) in [4.78, 5) is 19.5. The third kappa shape index (κ3) is 3.30. The molecule has 116 valence electrons. The van der Waals surface area contributed by atoms with Crippen LogP contribution < -0.4 is 4.74 Å². The van der Waals surface area contributed by atoms with Crippen molar-refractivity contribution in [2.75, 3.05) is 13.6 Å². The number of rotatable bonds is 5. The highest BCUT2D eigenvalue weighted by molar-refractivity contribution is 7.09. The molecule has 1 aromatic carbocycles. The molecule has 3 rings (SSSR count). The van der Waals surface area contributed by atoms with Crippen molar-refractivity contribution in [3.05, 3.63) is 45.9 Å². The van der Waals surface area contributed by atoms with E-state index in [-0.39, 0.29) is 12.0 Å². The molecule has 1 aromatic heterocycles. The fourth-order valence-corrected chi connectivity index (χ4v) is 3.52. The van der Waals surface area contributed by atoms with Crippen LogP contribution in [0.3, 0.4) is 0 Å². The second-order valence-corrected chi connectivity index (χ2v) is 6.63. The number of aromatic nitrogens is 1. The first kappa shape index (κ1) is 15.0. The second kappa shape index (κ2) is 6.48. The first-order valence-corrected chi connectivity index (χ1v) is 8.39. The number of hydrogen-bond acceptors (Lipinski definition) is 4. The van der Waals surface area contributed by atoms with E-state index in [1.807, 2.05) is 37.7 Å². The van der Waals surface area contributed by atoms with Crippen molar-refractivity contribution in [1.82, 2.24) is 9.88 Å². The van der Waals surface area contributed by atoms with Gasteiger partial charge in [-0.25, -0.2) is 4.98 Å². The van der Waals surface area contributed by atoms with Gasteiger partial charge in [-0.1, -0.05) is 18.2 Å². The topological polar surface area (TPSA) is 42.4 Å². The van der Waals surface area contributed by atoms with E-state index in [1.54, 1.807) is 16.2 Å². The molecule has 5 heteroatoms. The summed E-state index contributed by atoms with van der Waals surface area (Å²) in [7, 11) is 1.86. The zero-order valence-corrected chi connectivity index (χ0v) is 13.7. The number of carbonyl (C=O) groups excluding carboxylic acids is 1. The molecule has 1 atom stereocenters. The van der Waals surface area contributed by atoms with Gasteiger partial charge in [0.05, 0.1) is 17.7 Å². The Labute approximate surface area is 134 Å². The summed E-state index contributed by atoms with van der Waals surface area (Å²) in [6, 6.07) is 8.08. The van der Waals surface area contributed by atoms with E-state index in [0.717, 1.165) is 24.3 Å². The number of ether oxygens (including phenoxy) is 1. The number of benzene rings is 1. The second-order valence-electron chi connectivity index (χ2n) is 5.69. The standard InChI is InChI=1S/C17H20N2O2S/c1-12-16(22-11-18-12)7-8-17(20)19(2)10-14-9-13-5-3-4-6-15(13)21-14/h3-6,11,14H,7-10H2,1-2H3/t14-/m0/s1. The van der Waals surface area contributed by atoms with Crippen LogP contribution in [-0.2, 0) is 17.6 Å². The summed E-state index contributed by atoms with van der Waals surface area (Å²) in [5.74, 6) is 1.11. The van der Waals surface area contributed by atoms with Crippen LogP contribution in [0.2, 0.25) is 0 Å². The van der Waals surface area contributed by atoms with Gasteiger partial charge in [-0.05, 0) is 25.0 Å². The van der Waals surface area contributed by atoms with Gasteiger partial charge in [0.1, 0.15) is 11.9 Å². The average molecular weight is 316 g/mol. The average Bonchev–Trinajstić information content (AvgIpc) is 3.10. The van der Waals surface area contributed by atoms with E-state index >= 15 is 0 Å². The number of aryl methyl sites for hydroxylation is 2. The maximum absolute atomic E-state index is 12.3. The molecule has 2 aromatic rings. The third-order valence-corrected chi connectivity index (χ3v) is 5.02.